The maximum Gasteiger partial charge on any atom is 0.241 e. The van der Waals surface area contributed by atoms with Crippen LogP contribution in [0.5, 0.6) is 0 Å². The van der Waals surface area contributed by atoms with E-state index in [0.717, 1.165) is 12.0 Å². The number of carbonyl (C=O) groups excluding carboxylic acids is 1. The molecular weight excluding hydrogens is 296 g/mol. The third kappa shape index (κ3) is 4.86. The number of nitrogens with one attached hydrogen (secondary N) is 1. The minimum Gasteiger partial charge on any atom is -0.352 e. The Labute approximate surface area is 138 Å². The zero-order valence-corrected chi connectivity index (χ0v) is 13.8. The molecule has 1 amide bonds. The first-order valence-corrected chi connectivity index (χ1v) is 7.23. The Balaban J connectivity index is 0.00000242. The van der Waals surface area contributed by atoms with Crippen molar-refractivity contribution < 1.29 is 4.79 Å². The lowest BCUT2D eigenvalue weighted by atomic mass is 10.0. The SMILES string of the molecule is Cc1ccccc1CC(C)NC(=O)C(N)c1ccccc1.Cl. The maximum atomic E-state index is 12.2. The van der Waals surface area contributed by atoms with E-state index in [-0.39, 0.29) is 24.4 Å². The van der Waals surface area contributed by atoms with Crippen LogP contribution in [0.15, 0.2) is 54.6 Å². The van der Waals surface area contributed by atoms with Crippen LogP contribution in [0.3, 0.4) is 0 Å². The fourth-order valence-corrected chi connectivity index (χ4v) is 2.36. The zero-order chi connectivity index (χ0) is 15.2. The first-order valence-electron chi connectivity index (χ1n) is 7.23. The molecule has 0 bridgehead atoms. The van der Waals surface area contributed by atoms with Crippen LogP contribution in [0.4, 0.5) is 0 Å². The Hall–Kier alpha value is -1.84. The average Bonchev–Trinajstić information content (AvgIpc) is 2.49. The molecule has 0 aliphatic heterocycles. The number of nitrogens with two attached hydrogens (primary N) is 1. The number of aryl methyl sites for hydroxylation is 1. The molecule has 22 heavy (non-hydrogen) atoms. The molecule has 2 atom stereocenters. The molecule has 0 aliphatic carbocycles. The third-order valence-corrected chi connectivity index (χ3v) is 3.62. The van der Waals surface area contributed by atoms with Crippen LogP contribution in [-0.4, -0.2) is 11.9 Å². The van der Waals surface area contributed by atoms with Crippen molar-refractivity contribution in [1.82, 2.24) is 5.32 Å². The van der Waals surface area contributed by atoms with Gasteiger partial charge in [-0.1, -0.05) is 54.6 Å². The predicted molar refractivity (Wildman–Crippen MR) is 93.1 cm³/mol. The predicted octanol–water partition coefficient (Wildman–Crippen LogP) is 3.16. The van der Waals surface area contributed by atoms with Crippen LogP contribution in [0, 0.1) is 6.92 Å². The summed E-state index contributed by atoms with van der Waals surface area (Å²) in [6.45, 7) is 4.08. The van der Waals surface area contributed by atoms with Gasteiger partial charge in [-0.25, -0.2) is 0 Å². The average molecular weight is 319 g/mol. The Morgan fingerprint density at radius 1 is 1.09 bits per heavy atom. The molecule has 2 rings (SSSR count). The van der Waals surface area contributed by atoms with E-state index in [2.05, 4.69) is 24.4 Å². The van der Waals surface area contributed by atoms with Crippen LogP contribution in [-0.2, 0) is 11.2 Å². The molecule has 0 fully saturated rings. The van der Waals surface area contributed by atoms with E-state index >= 15 is 0 Å². The summed E-state index contributed by atoms with van der Waals surface area (Å²) in [5, 5.41) is 2.99. The quantitative estimate of drug-likeness (QED) is 0.889. The maximum absolute atomic E-state index is 12.2. The van der Waals surface area contributed by atoms with E-state index in [0.29, 0.717) is 0 Å². The molecule has 0 heterocycles. The second kappa shape index (κ2) is 8.57. The molecule has 3 N–H and O–H groups in total. The molecule has 3 nitrogen and oxygen atoms in total. The van der Waals surface area contributed by atoms with Crippen molar-refractivity contribution in [2.75, 3.05) is 0 Å². The third-order valence-electron chi connectivity index (χ3n) is 3.62. The van der Waals surface area contributed by atoms with Crippen LogP contribution in [0.1, 0.15) is 29.7 Å². The van der Waals surface area contributed by atoms with E-state index in [9.17, 15) is 4.79 Å². The molecule has 0 aromatic heterocycles. The highest BCUT2D eigenvalue weighted by Gasteiger charge is 2.17. The Bertz CT molecular complexity index is 601. The van der Waals surface area contributed by atoms with Crippen molar-refractivity contribution in [3.63, 3.8) is 0 Å². The summed E-state index contributed by atoms with van der Waals surface area (Å²) in [4.78, 5) is 12.2. The van der Waals surface area contributed by atoms with E-state index in [1.807, 2.05) is 49.4 Å². The molecule has 0 spiro atoms. The largest absolute Gasteiger partial charge is 0.352 e. The Morgan fingerprint density at radius 2 is 1.68 bits per heavy atom. The zero-order valence-electron chi connectivity index (χ0n) is 13.0. The number of amides is 1. The highest BCUT2D eigenvalue weighted by Crippen LogP contribution is 2.12. The van der Waals surface area contributed by atoms with E-state index < -0.39 is 6.04 Å². The lowest BCUT2D eigenvalue weighted by Crippen LogP contribution is -2.40. The highest BCUT2D eigenvalue weighted by molar-refractivity contribution is 5.85. The van der Waals surface area contributed by atoms with Crippen molar-refractivity contribution in [2.24, 2.45) is 5.73 Å². The minimum atomic E-state index is -0.620. The smallest absolute Gasteiger partial charge is 0.241 e. The molecule has 0 radical (unpaired) electrons. The van der Waals surface area contributed by atoms with Gasteiger partial charge in [-0.15, -0.1) is 12.4 Å². The molecule has 2 aromatic carbocycles. The first-order chi connectivity index (χ1) is 10.1. The fraction of sp³-hybridized carbons (Fsp3) is 0.278. The monoisotopic (exact) mass is 318 g/mol. The van der Waals surface area contributed by atoms with Crippen LogP contribution in [0.2, 0.25) is 0 Å². The number of carbonyl (C=O) groups is 1. The fourth-order valence-electron chi connectivity index (χ4n) is 2.36. The van der Waals surface area contributed by atoms with Gasteiger partial charge in [0, 0.05) is 6.04 Å². The summed E-state index contributed by atoms with van der Waals surface area (Å²) in [6, 6.07) is 17.1. The molecular formula is C18H23ClN2O. The molecule has 0 saturated carbocycles. The van der Waals surface area contributed by atoms with Gasteiger partial charge in [0.1, 0.15) is 6.04 Å². The number of hydrogen-bond donors (Lipinski definition) is 2. The molecule has 0 saturated heterocycles. The Kier molecular flexibility index (Phi) is 7.09. The minimum absolute atomic E-state index is 0. The van der Waals surface area contributed by atoms with Gasteiger partial charge in [-0.05, 0) is 37.0 Å². The normalized spacial score (nSPS) is 12.9. The van der Waals surface area contributed by atoms with Gasteiger partial charge < -0.3 is 11.1 Å². The van der Waals surface area contributed by atoms with Crippen LogP contribution in [0.25, 0.3) is 0 Å². The van der Waals surface area contributed by atoms with Gasteiger partial charge in [0.05, 0.1) is 0 Å². The summed E-state index contributed by atoms with van der Waals surface area (Å²) in [6.07, 6.45) is 0.805. The number of rotatable bonds is 5. The first kappa shape index (κ1) is 18.2. The molecule has 4 heteroatoms. The Morgan fingerprint density at radius 3 is 2.32 bits per heavy atom. The summed E-state index contributed by atoms with van der Waals surface area (Å²) < 4.78 is 0. The second-order valence-electron chi connectivity index (χ2n) is 5.43. The molecule has 0 aliphatic rings. The lowest BCUT2D eigenvalue weighted by Gasteiger charge is -2.18. The van der Waals surface area contributed by atoms with Gasteiger partial charge in [0.15, 0.2) is 0 Å². The number of benzene rings is 2. The van der Waals surface area contributed by atoms with Gasteiger partial charge >= 0.3 is 0 Å². The van der Waals surface area contributed by atoms with Crippen molar-refractivity contribution in [3.05, 3.63) is 71.3 Å². The molecule has 2 aromatic rings. The highest BCUT2D eigenvalue weighted by atomic mass is 35.5. The topological polar surface area (TPSA) is 55.1 Å². The van der Waals surface area contributed by atoms with Crippen molar-refractivity contribution in [3.8, 4) is 0 Å². The van der Waals surface area contributed by atoms with Crippen LogP contribution >= 0.6 is 12.4 Å². The summed E-state index contributed by atoms with van der Waals surface area (Å²) >= 11 is 0. The summed E-state index contributed by atoms with van der Waals surface area (Å²) in [5.41, 5.74) is 9.32. The van der Waals surface area contributed by atoms with Crippen molar-refractivity contribution in [1.29, 1.82) is 0 Å². The van der Waals surface area contributed by atoms with Crippen molar-refractivity contribution in [2.45, 2.75) is 32.4 Å². The number of hydrogen-bond acceptors (Lipinski definition) is 2. The van der Waals surface area contributed by atoms with E-state index in [1.54, 1.807) is 0 Å². The lowest BCUT2D eigenvalue weighted by molar-refractivity contribution is -0.123. The summed E-state index contributed by atoms with van der Waals surface area (Å²) in [7, 11) is 0. The molecule has 2 unspecified atom stereocenters. The van der Waals surface area contributed by atoms with Gasteiger partial charge in [-0.2, -0.15) is 0 Å². The summed E-state index contributed by atoms with van der Waals surface area (Å²) in [5.74, 6) is -0.137. The van der Waals surface area contributed by atoms with Gasteiger partial charge in [0.25, 0.3) is 0 Å². The van der Waals surface area contributed by atoms with Crippen molar-refractivity contribution >= 4 is 18.3 Å². The van der Waals surface area contributed by atoms with E-state index in [4.69, 9.17) is 5.73 Å². The number of halogens is 1. The molecule has 118 valence electrons. The van der Waals surface area contributed by atoms with Gasteiger partial charge in [-0.3, -0.25) is 4.79 Å². The van der Waals surface area contributed by atoms with E-state index in [1.165, 1.54) is 11.1 Å². The van der Waals surface area contributed by atoms with Crippen LogP contribution < -0.4 is 11.1 Å². The second-order valence-corrected chi connectivity index (χ2v) is 5.43. The standard InChI is InChI=1S/C18H22N2O.ClH/c1-13-8-6-7-11-16(13)12-14(2)20-18(21)17(19)15-9-4-3-5-10-15;/h3-11,14,17H,12,19H2,1-2H3,(H,20,21);1H. The van der Waals surface area contributed by atoms with Gasteiger partial charge in [0.2, 0.25) is 5.91 Å².